The predicted octanol–water partition coefficient (Wildman–Crippen LogP) is 4.57. The van der Waals surface area contributed by atoms with E-state index in [1.165, 1.54) is 12.1 Å². The van der Waals surface area contributed by atoms with Crippen molar-refractivity contribution in [2.45, 2.75) is 38.4 Å². The first kappa shape index (κ1) is 22.7. The normalized spacial score (nSPS) is 17.7. The largest absolute Gasteiger partial charge is 0.459 e. The van der Waals surface area contributed by atoms with E-state index >= 15 is 0 Å². The first-order chi connectivity index (χ1) is 16.1. The van der Waals surface area contributed by atoms with Gasteiger partial charge in [-0.1, -0.05) is 66.7 Å². The number of amides is 1. The van der Waals surface area contributed by atoms with E-state index in [2.05, 4.69) is 5.32 Å². The topological polar surface area (TPSA) is 67.8 Å². The monoisotopic (exact) mass is 447 g/mol. The van der Waals surface area contributed by atoms with Crippen LogP contribution in [0.4, 0.5) is 4.39 Å². The zero-order valence-electron chi connectivity index (χ0n) is 18.1. The van der Waals surface area contributed by atoms with E-state index < -0.39 is 6.29 Å². The van der Waals surface area contributed by atoms with Crippen LogP contribution in [0, 0.1) is 5.82 Å². The maximum atomic E-state index is 13.4. The highest BCUT2D eigenvalue weighted by molar-refractivity contribution is 5.91. The Balaban J connectivity index is 1.46. The van der Waals surface area contributed by atoms with Crippen molar-refractivity contribution in [1.82, 2.24) is 5.32 Å². The van der Waals surface area contributed by atoms with Crippen LogP contribution in [0.2, 0.25) is 0 Å². The van der Waals surface area contributed by atoms with Crippen LogP contribution in [0.1, 0.15) is 34.6 Å². The van der Waals surface area contributed by atoms with Crippen molar-refractivity contribution in [1.29, 1.82) is 0 Å². The summed E-state index contributed by atoms with van der Waals surface area (Å²) < 4.78 is 25.3. The average molecular weight is 448 g/mol. The van der Waals surface area contributed by atoms with Crippen molar-refractivity contribution in [3.63, 3.8) is 0 Å². The van der Waals surface area contributed by atoms with Gasteiger partial charge in [-0.3, -0.25) is 4.79 Å². The highest BCUT2D eigenvalue weighted by Crippen LogP contribution is 2.32. The van der Waals surface area contributed by atoms with Gasteiger partial charge in [0, 0.05) is 18.9 Å². The Morgan fingerprint density at radius 1 is 0.970 bits per heavy atom. The highest BCUT2D eigenvalue weighted by atomic mass is 19.1. The lowest BCUT2D eigenvalue weighted by Gasteiger charge is -2.29. The second kappa shape index (κ2) is 10.9. The number of aliphatic hydroxyl groups excluding tert-OH is 1. The van der Waals surface area contributed by atoms with E-state index in [0.717, 1.165) is 22.3 Å². The molecular weight excluding hydrogens is 421 g/mol. The van der Waals surface area contributed by atoms with Crippen molar-refractivity contribution < 1.29 is 23.8 Å². The number of carbonyl (C=O) groups excluding carboxylic acids is 1. The van der Waals surface area contributed by atoms with E-state index in [1.807, 2.05) is 54.6 Å². The van der Waals surface area contributed by atoms with Gasteiger partial charge < -0.3 is 19.9 Å². The van der Waals surface area contributed by atoms with Crippen molar-refractivity contribution >= 4 is 5.91 Å². The van der Waals surface area contributed by atoms with Gasteiger partial charge in [0.15, 0.2) is 5.76 Å². The molecule has 2 N–H and O–H groups in total. The minimum atomic E-state index is -0.639. The molecule has 0 aromatic heterocycles. The van der Waals surface area contributed by atoms with Gasteiger partial charge in [-0.2, -0.15) is 0 Å². The Bertz CT molecular complexity index is 1080. The second-order valence-corrected chi connectivity index (χ2v) is 7.93. The molecule has 0 saturated carbocycles. The predicted molar refractivity (Wildman–Crippen MR) is 122 cm³/mol. The number of hydrogen-bond acceptors (Lipinski definition) is 4. The first-order valence-corrected chi connectivity index (χ1v) is 10.9. The van der Waals surface area contributed by atoms with Crippen LogP contribution in [0.15, 0.2) is 90.7 Å². The Hall–Kier alpha value is -3.48. The molecule has 2 atom stereocenters. The van der Waals surface area contributed by atoms with E-state index in [4.69, 9.17) is 9.47 Å². The molecule has 3 aromatic rings. The van der Waals surface area contributed by atoms with Gasteiger partial charge in [-0.05, 0) is 40.5 Å². The summed E-state index contributed by atoms with van der Waals surface area (Å²) in [5.74, 6) is -0.605. The summed E-state index contributed by atoms with van der Waals surface area (Å²) in [6.45, 7) is 0.661. The third-order valence-electron chi connectivity index (χ3n) is 5.52. The van der Waals surface area contributed by atoms with Crippen LogP contribution in [0.25, 0.3) is 0 Å². The van der Waals surface area contributed by atoms with Crippen LogP contribution in [-0.2, 0) is 34.0 Å². The first-order valence-electron chi connectivity index (χ1n) is 10.9. The van der Waals surface area contributed by atoms with Crippen LogP contribution in [-0.4, -0.2) is 17.3 Å². The molecule has 0 fully saturated rings. The SMILES string of the molecule is O=C(NCc1ccccc1)C1=C[C@H](c2ccc(F)cc2)C[C@H](OCc2ccc(CO)cc2)O1. The van der Waals surface area contributed by atoms with Gasteiger partial charge in [-0.15, -0.1) is 0 Å². The number of benzene rings is 3. The molecule has 0 spiro atoms. The average Bonchev–Trinajstić information content (AvgIpc) is 2.87. The minimum Gasteiger partial charge on any atom is -0.459 e. The molecule has 1 heterocycles. The zero-order valence-corrected chi connectivity index (χ0v) is 18.1. The summed E-state index contributed by atoms with van der Waals surface area (Å²) in [7, 11) is 0. The van der Waals surface area contributed by atoms with Gasteiger partial charge in [0.2, 0.25) is 6.29 Å². The van der Waals surface area contributed by atoms with Crippen molar-refractivity contribution in [3.8, 4) is 0 Å². The zero-order chi connectivity index (χ0) is 23.0. The molecule has 4 rings (SSSR count). The minimum absolute atomic E-state index is 0.0154. The quantitative estimate of drug-likeness (QED) is 0.531. The summed E-state index contributed by atoms with van der Waals surface area (Å²) >= 11 is 0. The molecule has 6 heteroatoms. The molecule has 0 bridgehead atoms. The van der Waals surface area contributed by atoms with Crippen molar-refractivity contribution in [3.05, 3.63) is 119 Å². The van der Waals surface area contributed by atoms with Gasteiger partial charge in [0.25, 0.3) is 5.91 Å². The molecule has 0 aliphatic carbocycles. The van der Waals surface area contributed by atoms with Gasteiger partial charge in [0.1, 0.15) is 5.82 Å². The Labute approximate surface area is 192 Å². The Morgan fingerprint density at radius 2 is 1.67 bits per heavy atom. The molecule has 0 unspecified atom stereocenters. The third kappa shape index (κ3) is 6.28. The van der Waals surface area contributed by atoms with Gasteiger partial charge in [0.05, 0.1) is 13.2 Å². The molecular formula is C27H26FNO4. The van der Waals surface area contributed by atoms with Crippen LogP contribution in [0.5, 0.6) is 0 Å². The maximum Gasteiger partial charge on any atom is 0.286 e. The number of ether oxygens (including phenoxy) is 2. The summed E-state index contributed by atoms with van der Waals surface area (Å²) in [5, 5.41) is 12.1. The van der Waals surface area contributed by atoms with Crippen molar-refractivity contribution in [2.75, 3.05) is 0 Å². The van der Waals surface area contributed by atoms with Gasteiger partial charge in [-0.25, -0.2) is 4.39 Å². The number of nitrogens with one attached hydrogen (secondary N) is 1. The summed E-state index contributed by atoms with van der Waals surface area (Å²) in [5.41, 5.74) is 3.62. The molecule has 33 heavy (non-hydrogen) atoms. The number of halogens is 1. The Morgan fingerprint density at radius 3 is 2.36 bits per heavy atom. The molecule has 0 saturated heterocycles. The van der Waals surface area contributed by atoms with E-state index in [-0.39, 0.29) is 30.0 Å². The fourth-order valence-electron chi connectivity index (χ4n) is 3.66. The standard InChI is InChI=1S/C27H26FNO4/c28-24-12-10-22(11-13-24)23-14-25(27(31)29-16-19-4-2-1-3-5-19)33-26(15-23)32-18-21-8-6-20(17-30)7-9-21/h1-14,23,26,30H,15-18H2,(H,29,31)/t23-,26+/m0/s1. The molecule has 0 radical (unpaired) electrons. The third-order valence-corrected chi connectivity index (χ3v) is 5.52. The number of hydrogen-bond donors (Lipinski definition) is 2. The smallest absolute Gasteiger partial charge is 0.286 e. The number of carbonyl (C=O) groups is 1. The molecule has 170 valence electrons. The molecule has 3 aromatic carbocycles. The van der Waals surface area contributed by atoms with Crippen LogP contribution >= 0.6 is 0 Å². The number of rotatable bonds is 8. The van der Waals surface area contributed by atoms with E-state index in [9.17, 15) is 14.3 Å². The second-order valence-electron chi connectivity index (χ2n) is 7.93. The fraction of sp³-hybridized carbons (Fsp3) is 0.222. The van der Waals surface area contributed by atoms with Gasteiger partial charge >= 0.3 is 0 Å². The molecule has 1 amide bonds. The molecule has 5 nitrogen and oxygen atoms in total. The molecule has 1 aliphatic rings. The molecule has 1 aliphatic heterocycles. The lowest BCUT2D eigenvalue weighted by Crippen LogP contribution is -2.32. The summed E-state index contributed by atoms with van der Waals surface area (Å²) in [4.78, 5) is 12.8. The lowest BCUT2D eigenvalue weighted by molar-refractivity contribution is -0.150. The fourth-order valence-corrected chi connectivity index (χ4v) is 3.66. The maximum absolute atomic E-state index is 13.4. The number of allylic oxidation sites excluding steroid dienone is 1. The van der Waals surface area contributed by atoms with Crippen LogP contribution in [0.3, 0.4) is 0 Å². The van der Waals surface area contributed by atoms with E-state index in [1.54, 1.807) is 18.2 Å². The van der Waals surface area contributed by atoms with E-state index in [0.29, 0.717) is 19.6 Å². The highest BCUT2D eigenvalue weighted by Gasteiger charge is 2.28. The summed E-state index contributed by atoms with van der Waals surface area (Å²) in [6.07, 6.45) is 1.62. The number of aliphatic hydroxyl groups is 1. The Kier molecular flexibility index (Phi) is 7.50. The van der Waals surface area contributed by atoms with Crippen molar-refractivity contribution in [2.24, 2.45) is 0 Å². The van der Waals surface area contributed by atoms with Crippen LogP contribution < -0.4 is 5.32 Å². The lowest BCUT2D eigenvalue weighted by atomic mass is 9.93. The summed E-state index contributed by atoms with van der Waals surface area (Å²) in [6, 6.07) is 23.3.